The largest absolute Gasteiger partial charge is 0.450 e. The lowest BCUT2D eigenvalue weighted by Crippen LogP contribution is -2.42. The van der Waals surface area contributed by atoms with Crippen LogP contribution in [-0.2, 0) is 9.47 Å². The summed E-state index contributed by atoms with van der Waals surface area (Å²) in [6.07, 6.45) is 9.54. The highest BCUT2D eigenvalue weighted by atomic mass is 16.6. The lowest BCUT2D eigenvalue weighted by Gasteiger charge is -2.32. The van der Waals surface area contributed by atoms with Gasteiger partial charge in [-0.2, -0.15) is 0 Å². The number of anilines is 2. The number of piperidine rings is 2. The Bertz CT molecular complexity index is 1960. The number of carbonyl (C=O) groups is 3. The fourth-order valence-corrected chi connectivity index (χ4v) is 6.39. The van der Waals surface area contributed by atoms with Crippen molar-refractivity contribution >= 4 is 40.8 Å². The van der Waals surface area contributed by atoms with Crippen LogP contribution in [0.3, 0.4) is 0 Å². The maximum Gasteiger partial charge on any atom is 0.409 e. The molecule has 0 radical (unpaired) electrons. The minimum Gasteiger partial charge on any atom is -0.450 e. The Balaban J connectivity index is 0.000000181. The fraction of sp³-hybridized carbons (Fsp3) is 0.368. The first-order valence-corrected chi connectivity index (χ1v) is 18.0. The molecule has 0 bridgehead atoms. The highest BCUT2D eigenvalue weighted by molar-refractivity contribution is 6.04. The van der Waals surface area contributed by atoms with E-state index in [1.54, 1.807) is 71.8 Å². The minimum atomic E-state index is -0.288. The van der Waals surface area contributed by atoms with Crippen LogP contribution in [0, 0.1) is 0 Å². The van der Waals surface area contributed by atoms with E-state index in [9.17, 15) is 14.4 Å². The van der Waals surface area contributed by atoms with E-state index in [4.69, 9.17) is 14.5 Å². The number of ether oxygens (including phenoxy) is 2. The normalized spacial score (nSPS) is 14.9. The molecule has 0 spiro atoms. The summed E-state index contributed by atoms with van der Waals surface area (Å²) in [5, 5.41) is 6.22. The molecule has 0 aromatic carbocycles. The molecular formula is C38H44N10O5. The van der Waals surface area contributed by atoms with E-state index in [2.05, 4.69) is 35.1 Å². The number of amides is 3. The van der Waals surface area contributed by atoms with Gasteiger partial charge in [-0.25, -0.2) is 24.5 Å². The molecular weight excluding hydrogens is 676 g/mol. The average Bonchev–Trinajstić information content (AvgIpc) is 3.60. The number of pyridine rings is 4. The van der Waals surface area contributed by atoms with Gasteiger partial charge in [0, 0.05) is 63.1 Å². The van der Waals surface area contributed by atoms with Crippen molar-refractivity contribution in [2.45, 2.75) is 51.6 Å². The van der Waals surface area contributed by atoms with Gasteiger partial charge in [-0.1, -0.05) is 12.1 Å². The molecule has 276 valence electrons. The highest BCUT2D eigenvalue weighted by Crippen LogP contribution is 2.32. The first kappa shape index (κ1) is 36.7. The van der Waals surface area contributed by atoms with Gasteiger partial charge in [-0.15, -0.1) is 0 Å². The molecule has 7 heterocycles. The van der Waals surface area contributed by atoms with Crippen LogP contribution in [0.15, 0.2) is 85.5 Å². The molecule has 2 aliphatic rings. The van der Waals surface area contributed by atoms with Crippen molar-refractivity contribution in [3.8, 4) is 11.5 Å². The van der Waals surface area contributed by atoms with E-state index in [1.165, 1.54) is 0 Å². The summed E-state index contributed by atoms with van der Waals surface area (Å²) in [4.78, 5) is 61.8. The molecule has 2 aliphatic heterocycles. The number of hydrogen-bond acceptors (Lipinski definition) is 11. The molecule has 7 rings (SSSR count). The number of hydrogen-bond donors (Lipinski definition) is 2. The van der Waals surface area contributed by atoms with Gasteiger partial charge in [0.05, 0.1) is 18.9 Å². The van der Waals surface area contributed by atoms with Gasteiger partial charge in [-0.05, 0) is 88.1 Å². The monoisotopic (exact) mass is 720 g/mol. The Labute approximate surface area is 307 Å². The van der Waals surface area contributed by atoms with Crippen molar-refractivity contribution in [2.24, 2.45) is 0 Å². The molecule has 2 fully saturated rings. The van der Waals surface area contributed by atoms with Crippen molar-refractivity contribution < 1.29 is 23.9 Å². The Morgan fingerprint density at radius 1 is 0.717 bits per heavy atom. The lowest BCUT2D eigenvalue weighted by atomic mass is 10.0. The molecule has 53 heavy (non-hydrogen) atoms. The third-order valence-electron chi connectivity index (χ3n) is 9.01. The average molecular weight is 721 g/mol. The standard InChI is InChI=1S/C19H23N5O3.C19H21N5O2/c1-2-27-19(26)24-12-8-14(9-13-24)22-17-15(7-5-11-21-17)23-18(25)16-6-3-4-10-20-16;1-2-26-19(25)23-12-8-14(9-13-23)24-17-16(7-5-11-21-17)22-18(24)15-6-3-4-10-20-15/h3-7,10-11,14H,2,8-9,12-13H2,1H3,(H,21,22)(H,23,25);3-7,10-11,14H,2,8-9,12-13H2,1H3. The topological polar surface area (TPSA) is 170 Å². The van der Waals surface area contributed by atoms with E-state index >= 15 is 0 Å². The maximum absolute atomic E-state index is 12.4. The third kappa shape index (κ3) is 9.22. The van der Waals surface area contributed by atoms with Gasteiger partial charge in [0.15, 0.2) is 11.5 Å². The van der Waals surface area contributed by atoms with Crippen LogP contribution < -0.4 is 10.6 Å². The van der Waals surface area contributed by atoms with Crippen LogP contribution >= 0.6 is 0 Å². The smallest absolute Gasteiger partial charge is 0.409 e. The Hall–Kier alpha value is -6.12. The second kappa shape index (κ2) is 17.9. The number of nitrogens with zero attached hydrogens (tertiary/aromatic N) is 8. The molecule has 2 N–H and O–H groups in total. The summed E-state index contributed by atoms with van der Waals surface area (Å²) in [7, 11) is 0. The van der Waals surface area contributed by atoms with E-state index in [0.29, 0.717) is 56.6 Å². The molecule has 0 unspecified atom stereocenters. The zero-order valence-electron chi connectivity index (χ0n) is 29.9. The Morgan fingerprint density at radius 2 is 1.34 bits per heavy atom. The fourth-order valence-electron chi connectivity index (χ4n) is 6.39. The van der Waals surface area contributed by atoms with Crippen LogP contribution in [0.1, 0.15) is 56.1 Å². The van der Waals surface area contributed by atoms with Gasteiger partial charge in [0.1, 0.15) is 22.7 Å². The van der Waals surface area contributed by atoms with Crippen molar-refractivity contribution in [1.82, 2.24) is 39.3 Å². The molecule has 5 aromatic rings. The molecule has 3 amide bonds. The number of likely N-dealkylation sites (tertiary alicyclic amines) is 2. The zero-order valence-corrected chi connectivity index (χ0v) is 29.9. The predicted octanol–water partition coefficient (Wildman–Crippen LogP) is 6.05. The number of nitrogens with one attached hydrogen (secondary N) is 2. The number of aromatic nitrogens is 6. The molecule has 0 saturated carbocycles. The summed E-state index contributed by atoms with van der Waals surface area (Å²) in [6, 6.07) is 18.8. The van der Waals surface area contributed by atoms with Gasteiger partial charge >= 0.3 is 12.2 Å². The number of carbonyl (C=O) groups excluding carboxylic acids is 3. The summed E-state index contributed by atoms with van der Waals surface area (Å²) >= 11 is 0. The summed E-state index contributed by atoms with van der Waals surface area (Å²) in [6.45, 7) is 6.98. The van der Waals surface area contributed by atoms with Crippen LogP contribution in [0.5, 0.6) is 0 Å². The first-order chi connectivity index (χ1) is 25.9. The van der Waals surface area contributed by atoms with E-state index < -0.39 is 0 Å². The van der Waals surface area contributed by atoms with Gasteiger partial charge in [0.2, 0.25) is 0 Å². The SMILES string of the molecule is CCOC(=O)N1CCC(Nc2ncccc2NC(=O)c2ccccn2)CC1.CCOC(=O)N1CCC(n2c(-c3ccccn3)nc3cccnc32)CC1. The van der Waals surface area contributed by atoms with Crippen molar-refractivity contribution in [2.75, 3.05) is 50.0 Å². The van der Waals surface area contributed by atoms with Gasteiger partial charge in [0.25, 0.3) is 5.91 Å². The van der Waals surface area contributed by atoms with Crippen molar-refractivity contribution in [1.29, 1.82) is 0 Å². The van der Waals surface area contributed by atoms with E-state index in [1.807, 2.05) is 37.3 Å². The van der Waals surface area contributed by atoms with Crippen LogP contribution in [0.2, 0.25) is 0 Å². The second-order valence-electron chi connectivity index (χ2n) is 12.5. The number of rotatable bonds is 8. The van der Waals surface area contributed by atoms with Crippen molar-refractivity contribution in [3.63, 3.8) is 0 Å². The van der Waals surface area contributed by atoms with Crippen LogP contribution in [-0.4, -0.2) is 103 Å². The maximum atomic E-state index is 12.4. The number of imidazole rings is 1. The van der Waals surface area contributed by atoms with E-state index in [-0.39, 0.29) is 30.2 Å². The molecule has 15 heteroatoms. The van der Waals surface area contributed by atoms with Crippen LogP contribution in [0.4, 0.5) is 21.1 Å². The lowest BCUT2D eigenvalue weighted by molar-refractivity contribution is 0.0929. The zero-order chi connectivity index (χ0) is 37.0. The Morgan fingerprint density at radius 3 is 1.98 bits per heavy atom. The summed E-state index contributed by atoms with van der Waals surface area (Å²) in [5.41, 5.74) is 3.50. The quantitative estimate of drug-likeness (QED) is 0.191. The predicted molar refractivity (Wildman–Crippen MR) is 199 cm³/mol. The van der Waals surface area contributed by atoms with E-state index in [0.717, 1.165) is 48.4 Å². The summed E-state index contributed by atoms with van der Waals surface area (Å²) in [5.74, 6) is 1.15. The molecule has 2 saturated heterocycles. The number of fused-ring (bicyclic) bond motifs is 1. The highest BCUT2D eigenvalue weighted by Gasteiger charge is 2.29. The second-order valence-corrected chi connectivity index (χ2v) is 12.5. The third-order valence-corrected chi connectivity index (χ3v) is 9.01. The van der Waals surface area contributed by atoms with Crippen LogP contribution in [0.25, 0.3) is 22.7 Å². The van der Waals surface area contributed by atoms with Gasteiger partial charge < -0.3 is 34.5 Å². The minimum absolute atomic E-state index is 0.163. The molecule has 5 aromatic heterocycles. The van der Waals surface area contributed by atoms with Crippen molar-refractivity contribution in [3.05, 3.63) is 91.1 Å². The molecule has 0 aliphatic carbocycles. The Kier molecular flexibility index (Phi) is 12.4. The molecule has 0 atom stereocenters. The van der Waals surface area contributed by atoms with Gasteiger partial charge in [-0.3, -0.25) is 14.8 Å². The summed E-state index contributed by atoms with van der Waals surface area (Å²) < 4.78 is 12.3. The molecule has 15 nitrogen and oxygen atoms in total. The first-order valence-electron chi connectivity index (χ1n) is 18.0.